The first-order valence-electron chi connectivity index (χ1n) is 12.4. The number of piperidine rings is 1. The predicted molar refractivity (Wildman–Crippen MR) is 124 cm³/mol. The lowest BCUT2D eigenvalue weighted by Gasteiger charge is -2.35. The number of halogens is 5. The first-order chi connectivity index (χ1) is 18.5. The topological polar surface area (TPSA) is 113 Å². The van der Waals surface area contributed by atoms with Crippen LogP contribution in [0.15, 0.2) is 12.1 Å². The molecule has 2 saturated heterocycles. The lowest BCUT2D eigenvalue weighted by atomic mass is 9.86. The summed E-state index contributed by atoms with van der Waals surface area (Å²) in [4.78, 5) is 43.1. The number of hydrogen-bond acceptors (Lipinski definition) is 4. The smallest absolute Gasteiger partial charge is 0.419 e. The second kappa shape index (κ2) is 10.0. The average Bonchev–Trinajstić information content (AvgIpc) is 3.50. The van der Waals surface area contributed by atoms with Crippen molar-refractivity contribution in [3.63, 3.8) is 0 Å². The summed E-state index contributed by atoms with van der Waals surface area (Å²) in [7, 11) is 0. The molecular formula is C24H25F5N6O4. The Balaban J connectivity index is 1.22. The molecule has 2 fully saturated rings. The molecule has 3 aliphatic heterocycles. The average molecular weight is 556 g/mol. The van der Waals surface area contributed by atoms with Crippen LogP contribution in [0.2, 0.25) is 0 Å². The van der Waals surface area contributed by atoms with Crippen LogP contribution >= 0.6 is 0 Å². The fourth-order valence-electron chi connectivity index (χ4n) is 5.48. The summed E-state index contributed by atoms with van der Waals surface area (Å²) in [6.45, 7) is 1.44. The minimum absolute atomic E-state index is 0.0952. The Morgan fingerprint density at radius 1 is 0.897 bits per heavy atom. The Morgan fingerprint density at radius 3 is 2.15 bits per heavy atom. The van der Waals surface area contributed by atoms with Crippen LogP contribution in [0.1, 0.15) is 51.6 Å². The van der Waals surface area contributed by atoms with E-state index in [1.807, 2.05) is 0 Å². The second-order valence-electron chi connectivity index (χ2n) is 9.81. The molecule has 2 aromatic rings. The number of alkyl halides is 3. The van der Waals surface area contributed by atoms with Gasteiger partial charge in [0.15, 0.2) is 17.3 Å². The van der Waals surface area contributed by atoms with Crippen LogP contribution < -0.4 is 0 Å². The summed E-state index contributed by atoms with van der Waals surface area (Å²) >= 11 is 0. The molecule has 39 heavy (non-hydrogen) atoms. The molecule has 0 unspecified atom stereocenters. The summed E-state index contributed by atoms with van der Waals surface area (Å²) in [5.41, 5.74) is -0.653. The number of carboxylic acid groups (broad SMARTS) is 1. The van der Waals surface area contributed by atoms with E-state index in [1.165, 1.54) is 14.7 Å². The van der Waals surface area contributed by atoms with Crippen LogP contribution in [0.4, 0.5) is 31.5 Å². The van der Waals surface area contributed by atoms with E-state index < -0.39 is 41.3 Å². The second-order valence-corrected chi connectivity index (χ2v) is 9.81. The van der Waals surface area contributed by atoms with Crippen molar-refractivity contribution in [2.24, 2.45) is 0 Å². The lowest BCUT2D eigenvalue weighted by molar-refractivity contribution is -0.141. The highest BCUT2D eigenvalue weighted by Crippen LogP contribution is 2.41. The predicted octanol–water partition coefficient (Wildman–Crippen LogP) is 3.46. The van der Waals surface area contributed by atoms with E-state index in [0.29, 0.717) is 17.3 Å². The maximum atomic E-state index is 14.1. The van der Waals surface area contributed by atoms with Crippen molar-refractivity contribution in [2.45, 2.75) is 38.0 Å². The highest BCUT2D eigenvalue weighted by molar-refractivity contribution is 5.94. The molecule has 1 aromatic carbocycles. The zero-order valence-corrected chi connectivity index (χ0v) is 20.6. The minimum Gasteiger partial charge on any atom is -0.465 e. The molecule has 4 amide bonds. The van der Waals surface area contributed by atoms with Crippen LogP contribution in [0, 0.1) is 11.6 Å². The van der Waals surface area contributed by atoms with E-state index >= 15 is 0 Å². The number of aromatic nitrogens is 2. The Hall–Kier alpha value is -3.91. The summed E-state index contributed by atoms with van der Waals surface area (Å²) in [6.07, 6.45) is -5.85. The molecule has 10 nitrogen and oxygen atoms in total. The van der Waals surface area contributed by atoms with Gasteiger partial charge >= 0.3 is 18.3 Å². The molecule has 3 aliphatic rings. The Labute approximate surface area is 218 Å². The van der Waals surface area contributed by atoms with Crippen molar-refractivity contribution in [3.8, 4) is 0 Å². The van der Waals surface area contributed by atoms with Crippen molar-refractivity contribution in [2.75, 3.05) is 39.3 Å². The van der Waals surface area contributed by atoms with Crippen molar-refractivity contribution in [3.05, 3.63) is 51.8 Å². The first-order valence-corrected chi connectivity index (χ1v) is 12.4. The zero-order valence-electron chi connectivity index (χ0n) is 20.6. The molecule has 0 radical (unpaired) electrons. The van der Waals surface area contributed by atoms with Gasteiger partial charge in [0.2, 0.25) is 0 Å². The first kappa shape index (κ1) is 26.7. The van der Waals surface area contributed by atoms with Gasteiger partial charge in [0.25, 0.3) is 5.91 Å². The summed E-state index contributed by atoms with van der Waals surface area (Å²) < 4.78 is 68.0. The summed E-state index contributed by atoms with van der Waals surface area (Å²) in [6, 6.07) is 1.36. The number of nitrogens with zero attached hydrogens (tertiary/aromatic N) is 5. The van der Waals surface area contributed by atoms with E-state index in [9.17, 15) is 36.3 Å². The molecule has 4 heterocycles. The van der Waals surface area contributed by atoms with Gasteiger partial charge < -0.3 is 24.7 Å². The lowest BCUT2D eigenvalue weighted by Crippen LogP contribution is -2.53. The molecule has 15 heteroatoms. The largest absolute Gasteiger partial charge is 0.465 e. The SMILES string of the molecule is O=C(O)N1CCN(C(=O)N2Cc3[nH]nc(C(=O)N4CCC(c5ccc(F)c(F)c5C(F)(F)F)CC4)c3C2)CC1. The highest BCUT2D eigenvalue weighted by atomic mass is 19.4. The van der Waals surface area contributed by atoms with Gasteiger partial charge in [-0.3, -0.25) is 9.89 Å². The van der Waals surface area contributed by atoms with Gasteiger partial charge in [0, 0.05) is 44.8 Å². The van der Waals surface area contributed by atoms with Gasteiger partial charge in [0.05, 0.1) is 24.3 Å². The molecule has 0 aliphatic carbocycles. The van der Waals surface area contributed by atoms with E-state index in [1.54, 1.807) is 4.90 Å². The number of H-pyrrole nitrogens is 1. The van der Waals surface area contributed by atoms with Crippen molar-refractivity contribution in [1.82, 2.24) is 29.8 Å². The number of piperazine rings is 1. The van der Waals surface area contributed by atoms with Crippen molar-refractivity contribution in [1.29, 1.82) is 0 Å². The van der Waals surface area contributed by atoms with Crippen molar-refractivity contribution < 1.29 is 41.4 Å². The van der Waals surface area contributed by atoms with Gasteiger partial charge in [-0.1, -0.05) is 6.07 Å². The summed E-state index contributed by atoms with van der Waals surface area (Å²) in [5, 5.41) is 16.0. The number of hydrogen-bond donors (Lipinski definition) is 2. The quantitative estimate of drug-likeness (QED) is 0.551. The Kier molecular flexibility index (Phi) is 6.84. The van der Waals surface area contributed by atoms with Gasteiger partial charge in [-0.25, -0.2) is 18.4 Å². The van der Waals surface area contributed by atoms with Gasteiger partial charge in [-0.15, -0.1) is 0 Å². The number of likely N-dealkylation sites (tertiary alicyclic amines) is 1. The molecule has 0 spiro atoms. The molecule has 0 bridgehead atoms. The fraction of sp³-hybridized carbons (Fsp3) is 0.500. The normalized spacial score (nSPS) is 18.5. The third-order valence-corrected chi connectivity index (χ3v) is 7.58. The van der Waals surface area contributed by atoms with Crippen LogP contribution in [0.25, 0.3) is 0 Å². The molecule has 0 saturated carbocycles. The number of carbonyl (C=O) groups excluding carboxylic acids is 2. The van der Waals surface area contributed by atoms with E-state index in [0.717, 1.165) is 6.07 Å². The maximum absolute atomic E-state index is 14.1. The maximum Gasteiger partial charge on any atom is 0.419 e. The number of benzene rings is 1. The number of carbonyl (C=O) groups is 3. The number of rotatable bonds is 2. The van der Waals surface area contributed by atoms with E-state index in [2.05, 4.69) is 10.2 Å². The van der Waals surface area contributed by atoms with Gasteiger partial charge in [-0.05, 0) is 30.4 Å². The van der Waals surface area contributed by atoms with Crippen LogP contribution in [0.5, 0.6) is 0 Å². The molecule has 5 rings (SSSR count). The highest BCUT2D eigenvalue weighted by Gasteiger charge is 2.41. The summed E-state index contributed by atoms with van der Waals surface area (Å²) in [5.74, 6) is -4.63. The van der Waals surface area contributed by atoms with Crippen LogP contribution in [0.3, 0.4) is 0 Å². The number of urea groups is 1. The third-order valence-electron chi connectivity index (χ3n) is 7.58. The number of aromatic amines is 1. The Morgan fingerprint density at radius 2 is 1.54 bits per heavy atom. The molecule has 210 valence electrons. The zero-order chi connectivity index (χ0) is 28.1. The minimum atomic E-state index is -5.06. The van der Waals surface area contributed by atoms with E-state index in [-0.39, 0.29) is 82.5 Å². The number of amides is 4. The van der Waals surface area contributed by atoms with Crippen LogP contribution in [-0.2, 0) is 19.3 Å². The van der Waals surface area contributed by atoms with Gasteiger partial charge in [0.1, 0.15) is 0 Å². The standard InChI is InChI=1S/C24H25F5N6O4/c25-16-2-1-14(18(19(16)26)24(27,28)29)13-3-5-32(6-4-13)21(36)20-15-11-35(12-17(15)30-31-20)22(37)33-7-9-34(10-8-33)23(38)39/h1-2,13H,3-12H2,(H,30,31)(H,38,39). The van der Waals surface area contributed by atoms with E-state index in [4.69, 9.17) is 5.11 Å². The number of nitrogens with one attached hydrogen (secondary N) is 1. The monoisotopic (exact) mass is 556 g/mol. The molecule has 2 N–H and O–H groups in total. The van der Waals surface area contributed by atoms with Gasteiger partial charge in [-0.2, -0.15) is 18.3 Å². The van der Waals surface area contributed by atoms with Crippen molar-refractivity contribution >= 4 is 18.0 Å². The molecular weight excluding hydrogens is 531 g/mol. The Bertz CT molecular complexity index is 1300. The number of fused-ring (bicyclic) bond motifs is 1. The third kappa shape index (κ3) is 4.96. The fourth-order valence-corrected chi connectivity index (χ4v) is 5.48. The molecule has 0 atom stereocenters. The van der Waals surface area contributed by atoms with Crippen LogP contribution in [-0.4, -0.2) is 92.2 Å². The molecule has 1 aromatic heterocycles.